The first-order chi connectivity index (χ1) is 18.0. The Bertz CT molecular complexity index is 1340. The predicted molar refractivity (Wildman–Crippen MR) is 167 cm³/mol. The van der Waals surface area contributed by atoms with Crippen LogP contribution in [-0.2, 0) is 0 Å². The van der Waals surface area contributed by atoms with Crippen molar-refractivity contribution in [2.75, 3.05) is 0 Å². The monoisotopic (exact) mass is 525 g/mol. The number of nitrogens with zero attached hydrogens (tertiary/aromatic N) is 1. The van der Waals surface area contributed by atoms with Crippen LogP contribution in [0.4, 0.5) is 10.1 Å². The fourth-order valence-corrected chi connectivity index (χ4v) is 4.86. The molecule has 38 heavy (non-hydrogen) atoms. The van der Waals surface area contributed by atoms with Crippen LogP contribution in [0.15, 0.2) is 118 Å². The van der Waals surface area contributed by atoms with E-state index in [1.54, 1.807) is 23.9 Å². The first-order valence-electron chi connectivity index (χ1n) is 12.9. The van der Waals surface area contributed by atoms with Gasteiger partial charge in [0, 0.05) is 20.9 Å². The Morgan fingerprint density at radius 2 is 1.50 bits per heavy atom. The highest BCUT2D eigenvalue weighted by Gasteiger charge is 2.19. The van der Waals surface area contributed by atoms with Gasteiger partial charge in [0.25, 0.3) is 0 Å². The van der Waals surface area contributed by atoms with Gasteiger partial charge >= 0.3 is 0 Å². The number of fused-ring (bicyclic) bond motifs is 2. The highest BCUT2D eigenvalue weighted by Crippen LogP contribution is 2.42. The van der Waals surface area contributed by atoms with E-state index in [-0.39, 0.29) is 13.2 Å². The number of allylic oxidation sites excluding steroid dienone is 1. The molecule has 0 spiro atoms. The second-order valence-electron chi connectivity index (χ2n) is 8.75. The minimum Gasteiger partial charge on any atom is -0.247 e. The number of hydrogen-bond acceptors (Lipinski definition) is 2. The SMILES string of the molecule is C.C=C(C)c1ccc2c(c1)N=C(c1ccc(F)cc1)c1ccccc1S2.CC.CCC(C)c1ccccc1. The van der Waals surface area contributed by atoms with Crippen LogP contribution in [0, 0.1) is 5.82 Å². The molecule has 0 saturated heterocycles. The van der Waals surface area contributed by atoms with Crippen molar-refractivity contribution in [3.63, 3.8) is 0 Å². The summed E-state index contributed by atoms with van der Waals surface area (Å²) in [4.78, 5) is 7.21. The minimum absolute atomic E-state index is 0. The topological polar surface area (TPSA) is 12.4 Å². The van der Waals surface area contributed by atoms with Crippen molar-refractivity contribution in [2.45, 2.75) is 64.2 Å². The summed E-state index contributed by atoms with van der Waals surface area (Å²) in [5, 5.41) is 0. The molecule has 0 N–H and O–H groups in total. The van der Waals surface area contributed by atoms with Crippen LogP contribution < -0.4 is 0 Å². The van der Waals surface area contributed by atoms with Crippen molar-refractivity contribution in [3.05, 3.63) is 132 Å². The Morgan fingerprint density at radius 3 is 2.13 bits per heavy atom. The van der Waals surface area contributed by atoms with Gasteiger partial charge in [0.05, 0.1) is 11.4 Å². The third-order valence-corrected chi connectivity index (χ3v) is 7.29. The highest BCUT2D eigenvalue weighted by molar-refractivity contribution is 7.99. The number of aliphatic imine (C=N–C) groups is 1. The lowest BCUT2D eigenvalue weighted by atomic mass is 9.99. The smallest absolute Gasteiger partial charge is 0.123 e. The maximum absolute atomic E-state index is 13.4. The van der Waals surface area contributed by atoms with E-state index in [0.29, 0.717) is 5.92 Å². The van der Waals surface area contributed by atoms with Crippen molar-refractivity contribution in [1.29, 1.82) is 0 Å². The maximum atomic E-state index is 13.4. The standard InChI is InChI=1S/C22H16FNS.C10H14.C2H6.CH4/c1-14(2)16-9-12-21-19(13-16)24-22(15-7-10-17(23)11-8-15)18-5-3-4-6-20(18)25-21;1-3-9(2)10-7-5-4-6-8-10;1-2;/h3-13H,1H2,2H3;4-9H,3H2,1-2H3;1-2H3;1H4. The maximum Gasteiger partial charge on any atom is 0.123 e. The van der Waals surface area contributed by atoms with Gasteiger partial charge in [-0.25, -0.2) is 9.38 Å². The molecule has 0 aromatic heterocycles. The third-order valence-electron chi connectivity index (χ3n) is 6.14. The van der Waals surface area contributed by atoms with Crippen molar-refractivity contribution >= 4 is 28.7 Å². The Balaban J connectivity index is 0.000000330. The van der Waals surface area contributed by atoms with E-state index in [1.807, 2.05) is 32.9 Å². The first kappa shape index (κ1) is 30.8. The highest BCUT2D eigenvalue weighted by atomic mass is 32.2. The Hall–Kier alpha value is -3.43. The second-order valence-corrected chi connectivity index (χ2v) is 9.83. The molecule has 0 aliphatic carbocycles. The quantitative estimate of drug-likeness (QED) is 0.227. The van der Waals surface area contributed by atoms with Gasteiger partial charge in [-0.2, -0.15) is 0 Å². The molecule has 1 heterocycles. The number of halogens is 1. The van der Waals surface area contributed by atoms with E-state index < -0.39 is 0 Å². The molecular formula is C35H40FNS. The number of benzene rings is 4. The normalized spacial score (nSPS) is 11.9. The fourth-order valence-electron chi connectivity index (χ4n) is 3.85. The van der Waals surface area contributed by atoms with Gasteiger partial charge in [0.2, 0.25) is 0 Å². The molecule has 1 atom stereocenters. The van der Waals surface area contributed by atoms with Crippen LogP contribution in [0.5, 0.6) is 0 Å². The van der Waals surface area contributed by atoms with E-state index in [4.69, 9.17) is 4.99 Å². The summed E-state index contributed by atoms with van der Waals surface area (Å²) in [6, 6.07) is 31.6. The zero-order valence-electron chi connectivity index (χ0n) is 22.5. The molecular weight excluding hydrogens is 485 g/mol. The molecule has 0 bridgehead atoms. The Kier molecular flexibility index (Phi) is 12.2. The molecule has 0 radical (unpaired) electrons. The van der Waals surface area contributed by atoms with Gasteiger partial charge in [0.15, 0.2) is 0 Å². The molecule has 5 rings (SSSR count). The van der Waals surface area contributed by atoms with Gasteiger partial charge in [0.1, 0.15) is 5.82 Å². The van der Waals surface area contributed by atoms with Gasteiger partial charge in [-0.05, 0) is 72.9 Å². The number of hydrogen-bond donors (Lipinski definition) is 0. The zero-order valence-corrected chi connectivity index (χ0v) is 23.3. The van der Waals surface area contributed by atoms with E-state index in [9.17, 15) is 4.39 Å². The molecule has 4 aromatic carbocycles. The largest absolute Gasteiger partial charge is 0.247 e. The summed E-state index contributed by atoms with van der Waals surface area (Å²) < 4.78 is 13.4. The molecule has 1 aliphatic rings. The lowest BCUT2D eigenvalue weighted by Gasteiger charge is -2.08. The van der Waals surface area contributed by atoms with Gasteiger partial charge in [-0.1, -0.05) is 114 Å². The van der Waals surface area contributed by atoms with Crippen LogP contribution in [0.3, 0.4) is 0 Å². The van der Waals surface area contributed by atoms with Crippen LogP contribution in [0.2, 0.25) is 0 Å². The van der Waals surface area contributed by atoms with Crippen LogP contribution in [-0.4, -0.2) is 5.71 Å². The molecule has 0 saturated carbocycles. The first-order valence-corrected chi connectivity index (χ1v) is 13.7. The number of rotatable bonds is 4. The van der Waals surface area contributed by atoms with Crippen molar-refractivity contribution in [2.24, 2.45) is 4.99 Å². The average molecular weight is 526 g/mol. The van der Waals surface area contributed by atoms with E-state index in [0.717, 1.165) is 43.5 Å². The van der Waals surface area contributed by atoms with Crippen molar-refractivity contribution < 1.29 is 4.39 Å². The van der Waals surface area contributed by atoms with Gasteiger partial charge in [-0.3, -0.25) is 0 Å². The molecule has 1 aliphatic heterocycles. The minimum atomic E-state index is -0.245. The fraction of sp³-hybridized carbons (Fsp3) is 0.229. The lowest BCUT2D eigenvalue weighted by Crippen LogP contribution is -2.03. The molecule has 0 fully saturated rings. The molecule has 4 aromatic rings. The Labute approximate surface area is 233 Å². The molecule has 198 valence electrons. The lowest BCUT2D eigenvalue weighted by molar-refractivity contribution is 0.628. The summed E-state index contributed by atoms with van der Waals surface area (Å²) in [6.07, 6.45) is 1.23. The average Bonchev–Trinajstić information content (AvgIpc) is 3.11. The van der Waals surface area contributed by atoms with Crippen molar-refractivity contribution in [3.8, 4) is 0 Å². The van der Waals surface area contributed by atoms with E-state index >= 15 is 0 Å². The van der Waals surface area contributed by atoms with Gasteiger partial charge in [-0.15, -0.1) is 0 Å². The van der Waals surface area contributed by atoms with Gasteiger partial charge < -0.3 is 0 Å². The molecule has 1 nitrogen and oxygen atoms in total. The molecule has 3 heteroatoms. The summed E-state index contributed by atoms with van der Waals surface area (Å²) in [7, 11) is 0. The summed E-state index contributed by atoms with van der Waals surface area (Å²) >= 11 is 1.71. The molecule has 1 unspecified atom stereocenters. The van der Waals surface area contributed by atoms with Crippen LogP contribution in [0.25, 0.3) is 5.57 Å². The summed E-state index contributed by atoms with van der Waals surface area (Å²) in [5.74, 6) is 0.465. The van der Waals surface area contributed by atoms with Crippen molar-refractivity contribution in [1.82, 2.24) is 0 Å². The third kappa shape index (κ3) is 7.79. The second kappa shape index (κ2) is 15.1. The predicted octanol–water partition coefficient (Wildman–Crippen LogP) is 11.4. The Morgan fingerprint density at radius 1 is 0.868 bits per heavy atom. The van der Waals surface area contributed by atoms with Crippen LogP contribution in [0.1, 0.15) is 76.6 Å². The molecule has 0 amide bonds. The van der Waals surface area contributed by atoms with E-state index in [1.165, 1.54) is 24.1 Å². The van der Waals surface area contributed by atoms with E-state index in [2.05, 4.69) is 81.1 Å². The van der Waals surface area contributed by atoms with Crippen LogP contribution >= 0.6 is 11.8 Å². The summed E-state index contributed by atoms with van der Waals surface area (Å²) in [6.45, 7) is 14.5. The zero-order chi connectivity index (χ0) is 26.8. The summed E-state index contributed by atoms with van der Waals surface area (Å²) in [5.41, 5.74) is 7.28.